The summed E-state index contributed by atoms with van der Waals surface area (Å²) >= 11 is 0. The van der Waals surface area contributed by atoms with Crippen LogP contribution in [0.15, 0.2) is 6.20 Å². The third-order valence-electron chi connectivity index (χ3n) is 4.95. The molecule has 0 aromatic carbocycles. The van der Waals surface area contributed by atoms with Crippen LogP contribution in [0.5, 0.6) is 0 Å². The van der Waals surface area contributed by atoms with E-state index in [1.54, 1.807) is 11.2 Å². The molecule has 0 atom stereocenters. The summed E-state index contributed by atoms with van der Waals surface area (Å²) < 4.78 is 27.3. The van der Waals surface area contributed by atoms with Crippen LogP contribution in [0.2, 0.25) is 0 Å². The Morgan fingerprint density at radius 3 is 2.52 bits per heavy atom. The summed E-state index contributed by atoms with van der Waals surface area (Å²) in [6.07, 6.45) is 6.43. The molecule has 1 aromatic rings. The lowest BCUT2D eigenvalue weighted by Crippen LogP contribution is -2.40. The Labute approximate surface area is 138 Å². The van der Waals surface area contributed by atoms with Gasteiger partial charge in [0.1, 0.15) is 0 Å². The van der Waals surface area contributed by atoms with Crippen LogP contribution < -0.4 is 0 Å². The van der Waals surface area contributed by atoms with Gasteiger partial charge in [0.2, 0.25) is 10.0 Å². The van der Waals surface area contributed by atoms with E-state index in [-0.39, 0.29) is 5.75 Å². The highest BCUT2D eigenvalue weighted by Crippen LogP contribution is 2.21. The van der Waals surface area contributed by atoms with Crippen molar-refractivity contribution in [2.45, 2.75) is 45.7 Å². The highest BCUT2D eigenvalue weighted by atomic mass is 32.2. The van der Waals surface area contributed by atoms with E-state index in [9.17, 15) is 8.42 Å². The van der Waals surface area contributed by atoms with E-state index in [2.05, 4.69) is 15.2 Å². The van der Waals surface area contributed by atoms with E-state index in [0.29, 0.717) is 19.0 Å². The molecule has 0 spiro atoms. The topological polar surface area (TPSA) is 71.3 Å². The number of hydrogen-bond acceptors (Lipinski definition) is 5. The fourth-order valence-electron chi connectivity index (χ4n) is 3.49. The molecule has 23 heavy (non-hydrogen) atoms. The van der Waals surface area contributed by atoms with Gasteiger partial charge in [-0.25, -0.2) is 12.7 Å². The number of piperidine rings is 1. The highest BCUT2D eigenvalue weighted by molar-refractivity contribution is 7.89. The lowest BCUT2D eigenvalue weighted by Gasteiger charge is -2.30. The molecule has 3 rings (SSSR count). The smallest absolute Gasteiger partial charge is 0.213 e. The molecule has 8 heteroatoms. The Morgan fingerprint density at radius 1 is 1.17 bits per heavy atom. The van der Waals surface area contributed by atoms with Gasteiger partial charge >= 0.3 is 0 Å². The minimum atomic E-state index is -3.03. The first-order chi connectivity index (χ1) is 11.1. The Hall–Kier alpha value is -0.990. The zero-order valence-corrected chi connectivity index (χ0v) is 14.7. The molecule has 0 unspecified atom stereocenters. The summed E-state index contributed by atoms with van der Waals surface area (Å²) in [5, 5.41) is 8.52. The first kappa shape index (κ1) is 16.9. The number of rotatable bonds is 6. The van der Waals surface area contributed by atoms with Gasteiger partial charge in [-0.3, -0.25) is 9.58 Å². The summed E-state index contributed by atoms with van der Waals surface area (Å²) in [5.41, 5.74) is 1.04. The fraction of sp³-hybridized carbons (Fsp3) is 0.867. The van der Waals surface area contributed by atoms with Gasteiger partial charge in [-0.15, -0.1) is 5.10 Å². The summed E-state index contributed by atoms with van der Waals surface area (Å²) in [5.74, 6) is 0.681. The van der Waals surface area contributed by atoms with Gasteiger partial charge in [-0.2, -0.15) is 0 Å². The molecule has 1 aromatic heterocycles. The summed E-state index contributed by atoms with van der Waals surface area (Å²) in [6, 6.07) is 0. The van der Waals surface area contributed by atoms with Crippen molar-refractivity contribution in [2.75, 3.05) is 31.9 Å². The van der Waals surface area contributed by atoms with Crippen LogP contribution in [0.1, 0.15) is 38.3 Å². The number of hydrogen-bond donors (Lipinski definition) is 0. The Bertz CT molecular complexity index is 601. The minimum Gasteiger partial charge on any atom is -0.297 e. The van der Waals surface area contributed by atoms with E-state index in [1.165, 1.54) is 12.8 Å². The predicted molar refractivity (Wildman–Crippen MR) is 88.3 cm³/mol. The van der Waals surface area contributed by atoms with Crippen molar-refractivity contribution in [3.63, 3.8) is 0 Å². The van der Waals surface area contributed by atoms with Crippen LogP contribution >= 0.6 is 0 Å². The van der Waals surface area contributed by atoms with Crippen LogP contribution in [0.25, 0.3) is 0 Å². The third kappa shape index (κ3) is 4.30. The molecule has 2 saturated heterocycles. The Morgan fingerprint density at radius 2 is 1.87 bits per heavy atom. The molecule has 0 bridgehead atoms. The van der Waals surface area contributed by atoms with Gasteiger partial charge in [0.05, 0.1) is 11.4 Å². The first-order valence-electron chi connectivity index (χ1n) is 8.66. The average molecular weight is 341 g/mol. The second-order valence-corrected chi connectivity index (χ2v) is 8.92. The highest BCUT2D eigenvalue weighted by Gasteiger charge is 2.27. The zero-order chi connectivity index (χ0) is 16.3. The SMILES string of the molecule is CCS(=O)(=O)N1CCC(Cn2cc(CN3CCCC3)nn2)CC1. The molecular formula is C15H27N5O2S. The molecule has 0 radical (unpaired) electrons. The van der Waals surface area contributed by atoms with Crippen molar-refractivity contribution >= 4 is 10.0 Å². The van der Waals surface area contributed by atoms with Gasteiger partial charge in [0.15, 0.2) is 0 Å². The maximum Gasteiger partial charge on any atom is 0.213 e. The average Bonchev–Trinajstić information content (AvgIpc) is 3.21. The quantitative estimate of drug-likeness (QED) is 0.770. The van der Waals surface area contributed by atoms with Crippen LogP contribution in [0, 0.1) is 5.92 Å². The standard InChI is InChI=1S/C15H27N5O2S/c1-2-23(21,22)20-9-5-14(6-10-20)11-19-13-15(16-17-19)12-18-7-3-4-8-18/h13-14H,2-12H2,1H3. The molecule has 7 nitrogen and oxygen atoms in total. The second kappa shape index (κ2) is 7.27. The van der Waals surface area contributed by atoms with Crippen LogP contribution in [0.4, 0.5) is 0 Å². The number of nitrogens with zero attached hydrogens (tertiary/aromatic N) is 5. The van der Waals surface area contributed by atoms with Gasteiger partial charge in [-0.1, -0.05) is 5.21 Å². The molecular weight excluding hydrogens is 314 g/mol. The third-order valence-corrected chi connectivity index (χ3v) is 6.83. The van der Waals surface area contributed by atoms with Crippen molar-refractivity contribution in [1.82, 2.24) is 24.2 Å². The molecule has 2 fully saturated rings. The summed E-state index contributed by atoms with van der Waals surface area (Å²) in [6.45, 7) is 7.04. The summed E-state index contributed by atoms with van der Waals surface area (Å²) in [7, 11) is -3.03. The predicted octanol–water partition coefficient (Wildman–Crippen LogP) is 0.936. The number of likely N-dealkylation sites (tertiary alicyclic amines) is 1. The van der Waals surface area contributed by atoms with Gasteiger partial charge in [-0.05, 0) is 51.6 Å². The minimum absolute atomic E-state index is 0.195. The Balaban J connectivity index is 1.48. The molecule has 0 amide bonds. The molecule has 0 aliphatic carbocycles. The molecule has 2 aliphatic rings. The molecule has 0 N–H and O–H groups in total. The van der Waals surface area contributed by atoms with E-state index in [0.717, 1.165) is 44.7 Å². The first-order valence-corrected chi connectivity index (χ1v) is 10.3. The van der Waals surface area contributed by atoms with Crippen molar-refractivity contribution in [3.8, 4) is 0 Å². The second-order valence-electron chi connectivity index (χ2n) is 6.66. The van der Waals surface area contributed by atoms with Crippen molar-refractivity contribution < 1.29 is 8.42 Å². The van der Waals surface area contributed by atoms with Crippen LogP contribution in [-0.4, -0.2) is 64.5 Å². The lowest BCUT2D eigenvalue weighted by molar-refractivity contribution is 0.246. The zero-order valence-electron chi connectivity index (χ0n) is 13.9. The summed E-state index contributed by atoms with van der Waals surface area (Å²) in [4.78, 5) is 2.42. The number of aromatic nitrogens is 3. The Kier molecular flexibility index (Phi) is 5.33. The van der Waals surface area contributed by atoms with Gasteiger partial charge in [0.25, 0.3) is 0 Å². The number of sulfonamides is 1. The fourth-order valence-corrected chi connectivity index (χ4v) is 4.62. The van der Waals surface area contributed by atoms with Crippen molar-refractivity contribution in [3.05, 3.63) is 11.9 Å². The van der Waals surface area contributed by atoms with Crippen molar-refractivity contribution in [1.29, 1.82) is 0 Å². The maximum absolute atomic E-state index is 11.9. The van der Waals surface area contributed by atoms with E-state index < -0.39 is 10.0 Å². The molecule has 3 heterocycles. The van der Waals surface area contributed by atoms with E-state index in [1.807, 2.05) is 10.9 Å². The van der Waals surface area contributed by atoms with Crippen LogP contribution in [0.3, 0.4) is 0 Å². The largest absolute Gasteiger partial charge is 0.297 e. The van der Waals surface area contributed by atoms with Crippen LogP contribution in [-0.2, 0) is 23.1 Å². The molecule has 130 valence electrons. The van der Waals surface area contributed by atoms with Gasteiger partial charge < -0.3 is 0 Å². The molecule has 0 saturated carbocycles. The van der Waals surface area contributed by atoms with E-state index >= 15 is 0 Å². The maximum atomic E-state index is 11.9. The van der Waals surface area contributed by atoms with Crippen molar-refractivity contribution in [2.24, 2.45) is 5.92 Å². The lowest BCUT2D eigenvalue weighted by atomic mass is 9.98. The van der Waals surface area contributed by atoms with Gasteiger partial charge in [0, 0.05) is 32.4 Å². The normalized spacial score (nSPS) is 22.0. The van der Waals surface area contributed by atoms with E-state index in [4.69, 9.17) is 0 Å². The monoisotopic (exact) mass is 341 g/mol. The molecule has 2 aliphatic heterocycles.